The van der Waals surface area contributed by atoms with Gasteiger partial charge in [0, 0.05) is 37.6 Å². The highest BCUT2D eigenvalue weighted by Gasteiger charge is 2.42. The van der Waals surface area contributed by atoms with E-state index in [9.17, 15) is 19.1 Å². The van der Waals surface area contributed by atoms with Gasteiger partial charge in [0.25, 0.3) is 11.8 Å². The molecule has 3 heterocycles. The summed E-state index contributed by atoms with van der Waals surface area (Å²) in [5, 5.41) is 14.6. The lowest BCUT2D eigenvalue weighted by atomic mass is 9.98. The van der Waals surface area contributed by atoms with Gasteiger partial charge in [-0.3, -0.25) is 9.59 Å². The zero-order valence-corrected chi connectivity index (χ0v) is 15.7. The van der Waals surface area contributed by atoms with E-state index in [4.69, 9.17) is 10.5 Å². The molecule has 0 radical (unpaired) electrons. The molecule has 2 aromatic rings. The van der Waals surface area contributed by atoms with Crippen molar-refractivity contribution in [2.24, 2.45) is 5.73 Å². The number of carbonyl (C=O) groups excluding carboxylic acids is 2. The number of nitrogens with zero attached hydrogens (tertiary/aromatic N) is 3. The molecule has 2 amide bonds. The van der Waals surface area contributed by atoms with Crippen LogP contribution >= 0.6 is 0 Å². The van der Waals surface area contributed by atoms with Gasteiger partial charge in [0.1, 0.15) is 11.5 Å². The number of likely N-dealkylation sites (N-methyl/N-ethyl adjacent to an activating group) is 1. The van der Waals surface area contributed by atoms with Gasteiger partial charge in [0.2, 0.25) is 0 Å². The van der Waals surface area contributed by atoms with Gasteiger partial charge in [-0.1, -0.05) is 11.8 Å². The topological polar surface area (TPSA) is 111 Å². The van der Waals surface area contributed by atoms with Crippen molar-refractivity contribution in [3.63, 3.8) is 0 Å². The van der Waals surface area contributed by atoms with Gasteiger partial charge < -0.3 is 20.5 Å². The second kappa shape index (κ2) is 6.99. The van der Waals surface area contributed by atoms with Crippen LogP contribution in [-0.4, -0.2) is 50.8 Å². The quantitative estimate of drug-likeness (QED) is 0.731. The van der Waals surface area contributed by atoms with Crippen molar-refractivity contribution in [3.05, 3.63) is 46.5 Å². The summed E-state index contributed by atoms with van der Waals surface area (Å²) in [4.78, 5) is 25.1. The maximum atomic E-state index is 14.5. The number of primary amides is 1. The Labute approximate surface area is 166 Å². The van der Waals surface area contributed by atoms with Crippen LogP contribution in [0.1, 0.15) is 40.2 Å². The second-order valence-electron chi connectivity index (χ2n) is 7.20. The molecule has 150 valence electrons. The van der Waals surface area contributed by atoms with Crippen molar-refractivity contribution in [1.29, 1.82) is 0 Å². The van der Waals surface area contributed by atoms with Crippen LogP contribution in [-0.2, 0) is 22.7 Å². The van der Waals surface area contributed by atoms with Crippen molar-refractivity contribution < 1.29 is 23.8 Å². The fraction of sp³-hybridized carbons (Fsp3) is 0.350. The van der Waals surface area contributed by atoms with Gasteiger partial charge in [-0.15, -0.1) is 0 Å². The normalized spacial score (nSPS) is 20.5. The molecule has 3 N–H and O–H groups in total. The molecular weight excluding hydrogens is 379 g/mol. The van der Waals surface area contributed by atoms with E-state index in [-0.39, 0.29) is 36.9 Å². The summed E-state index contributed by atoms with van der Waals surface area (Å²) >= 11 is 0. The minimum absolute atomic E-state index is 0.0142. The number of carbonyl (C=O) groups is 2. The molecule has 1 fully saturated rings. The van der Waals surface area contributed by atoms with E-state index in [1.807, 2.05) is 0 Å². The molecule has 1 saturated heterocycles. The average molecular weight is 398 g/mol. The molecule has 8 nitrogen and oxygen atoms in total. The monoisotopic (exact) mass is 398 g/mol. The summed E-state index contributed by atoms with van der Waals surface area (Å²) in [5.41, 5.74) is 5.65. The van der Waals surface area contributed by atoms with E-state index < -0.39 is 17.3 Å². The van der Waals surface area contributed by atoms with E-state index in [2.05, 4.69) is 16.9 Å². The summed E-state index contributed by atoms with van der Waals surface area (Å²) in [6.07, 6.45) is 0.306. The molecule has 2 aliphatic rings. The molecule has 29 heavy (non-hydrogen) atoms. The molecule has 1 aromatic heterocycles. The van der Waals surface area contributed by atoms with Gasteiger partial charge in [0.15, 0.2) is 11.3 Å². The van der Waals surface area contributed by atoms with Crippen LogP contribution in [0.4, 0.5) is 4.39 Å². The van der Waals surface area contributed by atoms with Crippen molar-refractivity contribution in [3.8, 4) is 17.5 Å². The maximum Gasteiger partial charge on any atom is 0.269 e. The van der Waals surface area contributed by atoms with E-state index in [0.29, 0.717) is 29.8 Å². The van der Waals surface area contributed by atoms with Crippen molar-refractivity contribution in [2.75, 3.05) is 13.6 Å². The third-order valence-electron chi connectivity index (χ3n) is 5.20. The van der Waals surface area contributed by atoms with Crippen LogP contribution in [0.5, 0.6) is 0 Å². The molecule has 0 aliphatic carbocycles. The number of fused-ring (bicyclic) bond motifs is 1. The van der Waals surface area contributed by atoms with Crippen LogP contribution < -0.4 is 5.73 Å². The van der Waals surface area contributed by atoms with Crippen LogP contribution in [0.2, 0.25) is 0 Å². The van der Waals surface area contributed by atoms with Crippen molar-refractivity contribution in [1.82, 2.24) is 14.7 Å². The summed E-state index contributed by atoms with van der Waals surface area (Å²) < 4.78 is 21.2. The van der Waals surface area contributed by atoms with Crippen molar-refractivity contribution in [2.45, 2.75) is 31.7 Å². The minimum Gasteiger partial charge on any atom is -0.379 e. The molecule has 0 bridgehead atoms. The first-order valence-electron chi connectivity index (χ1n) is 9.05. The molecule has 2 aliphatic heterocycles. The highest BCUT2D eigenvalue weighted by atomic mass is 19.1. The zero-order valence-electron chi connectivity index (χ0n) is 15.7. The maximum absolute atomic E-state index is 14.5. The Bertz CT molecular complexity index is 1080. The molecule has 0 spiro atoms. The minimum atomic E-state index is -1.48. The van der Waals surface area contributed by atoms with Gasteiger partial charge in [-0.05, 0) is 18.2 Å². The Morgan fingerprint density at radius 2 is 2.24 bits per heavy atom. The third-order valence-corrected chi connectivity index (χ3v) is 5.20. The molecule has 0 unspecified atom stereocenters. The molecule has 9 heteroatoms. The molecule has 1 atom stereocenters. The highest BCUT2D eigenvalue weighted by molar-refractivity contribution is 5.92. The lowest BCUT2D eigenvalue weighted by molar-refractivity contribution is -0.141. The van der Waals surface area contributed by atoms with Gasteiger partial charge in [-0.2, -0.15) is 5.10 Å². The summed E-state index contributed by atoms with van der Waals surface area (Å²) in [5.74, 6) is 4.06. The summed E-state index contributed by atoms with van der Waals surface area (Å²) in [6.45, 7) is 0.857. The van der Waals surface area contributed by atoms with E-state index in [1.165, 1.54) is 27.8 Å². The van der Waals surface area contributed by atoms with Crippen LogP contribution in [0.3, 0.4) is 0 Å². The van der Waals surface area contributed by atoms with Gasteiger partial charge in [0.05, 0.1) is 18.9 Å². The predicted octanol–water partition coefficient (Wildman–Crippen LogP) is 0.475. The Morgan fingerprint density at radius 1 is 1.45 bits per heavy atom. The molecule has 4 rings (SSSR count). The van der Waals surface area contributed by atoms with Crippen LogP contribution in [0, 0.1) is 17.7 Å². The number of rotatable bonds is 3. The highest BCUT2D eigenvalue weighted by Crippen LogP contribution is 2.28. The fourth-order valence-electron chi connectivity index (χ4n) is 3.56. The van der Waals surface area contributed by atoms with Gasteiger partial charge in [-0.25, -0.2) is 9.07 Å². The number of ether oxygens (including phenoxy) is 1. The number of halogens is 1. The Hall–Kier alpha value is -3.22. The Kier molecular flexibility index (Phi) is 4.61. The molecule has 1 aromatic carbocycles. The number of aliphatic hydroxyl groups is 1. The second-order valence-corrected chi connectivity index (χ2v) is 7.20. The lowest BCUT2D eigenvalue weighted by Crippen LogP contribution is -2.38. The lowest BCUT2D eigenvalue weighted by Gasteiger charge is -2.17. The molecular formula is C20H19FN4O4. The first-order chi connectivity index (χ1) is 13.8. The SMILES string of the molecule is CN1CC[C@@](O)(CC#Cc2ccc(F)c(-n3nc(C(N)=O)c4c3COC4)c2)C1=O. The number of aromatic nitrogens is 2. The van der Waals surface area contributed by atoms with Crippen LogP contribution in [0.25, 0.3) is 5.69 Å². The van der Waals surface area contributed by atoms with Crippen molar-refractivity contribution >= 4 is 11.8 Å². The Balaban J connectivity index is 1.65. The first-order valence-corrected chi connectivity index (χ1v) is 9.05. The summed E-state index contributed by atoms with van der Waals surface area (Å²) in [6, 6.07) is 4.23. The molecule has 0 saturated carbocycles. The average Bonchev–Trinajstić information content (AvgIpc) is 3.35. The summed E-state index contributed by atoms with van der Waals surface area (Å²) in [7, 11) is 1.63. The number of hydrogen-bond donors (Lipinski definition) is 2. The van der Waals surface area contributed by atoms with Crippen LogP contribution in [0.15, 0.2) is 18.2 Å². The fourth-order valence-corrected chi connectivity index (χ4v) is 3.56. The largest absolute Gasteiger partial charge is 0.379 e. The zero-order chi connectivity index (χ0) is 20.8. The number of benzene rings is 1. The first kappa shape index (κ1) is 19.1. The van der Waals surface area contributed by atoms with Gasteiger partial charge >= 0.3 is 0 Å². The van der Waals surface area contributed by atoms with E-state index >= 15 is 0 Å². The standard InChI is InChI=1S/C20H19FN4O4/c1-24-8-7-20(28,19(24)27)6-2-3-12-4-5-14(21)15(9-12)25-16-11-29-10-13(16)17(23-25)18(22)26/h4-5,9,28H,6-8,10-11H2,1H3,(H2,22,26)/t20-/m0/s1. The number of amides is 2. The van der Waals surface area contributed by atoms with E-state index in [0.717, 1.165) is 0 Å². The number of hydrogen-bond acceptors (Lipinski definition) is 5. The predicted molar refractivity (Wildman–Crippen MR) is 99.2 cm³/mol. The Morgan fingerprint density at radius 3 is 2.93 bits per heavy atom. The van der Waals surface area contributed by atoms with E-state index in [1.54, 1.807) is 7.05 Å². The smallest absolute Gasteiger partial charge is 0.269 e. The number of nitrogens with two attached hydrogens (primary N) is 1. The third kappa shape index (κ3) is 3.26. The number of likely N-dealkylation sites (tertiary alicyclic amines) is 1.